The van der Waals surface area contributed by atoms with Crippen LogP contribution in [0.25, 0.3) is 0 Å². The molecule has 1 aliphatic heterocycles. The molecule has 18 heavy (non-hydrogen) atoms. The van der Waals surface area contributed by atoms with Crippen molar-refractivity contribution in [2.24, 2.45) is 0 Å². The maximum atomic E-state index is 4.87. The van der Waals surface area contributed by atoms with Gasteiger partial charge in [-0.05, 0) is 39.0 Å². The molecule has 0 spiro atoms. The van der Waals surface area contributed by atoms with Crippen molar-refractivity contribution in [1.29, 1.82) is 0 Å². The first-order valence-corrected chi connectivity index (χ1v) is 10.5. The van der Waals surface area contributed by atoms with Gasteiger partial charge in [-0.3, -0.25) is 0 Å². The van der Waals surface area contributed by atoms with Crippen LogP contribution >= 0.6 is 30.4 Å². The molecule has 0 amide bonds. The van der Waals surface area contributed by atoms with Crippen molar-refractivity contribution in [3.63, 3.8) is 0 Å². The summed E-state index contributed by atoms with van der Waals surface area (Å²) in [6, 6.07) is 0. The average Bonchev–Trinajstić information content (AvgIpc) is 2.32. The first-order valence-electron chi connectivity index (χ1n) is 6.21. The SMILES string of the molecule is C1CNCCNCCCNCCNC1.[Cl][Co]([Cl])[Cl]. The van der Waals surface area contributed by atoms with E-state index in [-0.39, 0.29) is 0 Å². The molecular weight excluding hydrogens is 341 g/mol. The molecule has 1 fully saturated rings. The van der Waals surface area contributed by atoms with E-state index in [1.807, 2.05) is 0 Å². The molecule has 0 bridgehead atoms. The van der Waals surface area contributed by atoms with Gasteiger partial charge in [-0.2, -0.15) is 0 Å². The van der Waals surface area contributed by atoms with E-state index < -0.39 is 10.9 Å². The van der Waals surface area contributed by atoms with E-state index in [4.69, 9.17) is 30.4 Å². The molecule has 0 aliphatic carbocycles. The Bertz CT molecular complexity index is 110. The summed E-state index contributed by atoms with van der Waals surface area (Å²) in [6.07, 6.45) is 2.44. The van der Waals surface area contributed by atoms with Crippen LogP contribution in [-0.4, -0.2) is 52.4 Å². The van der Waals surface area contributed by atoms with E-state index in [0.717, 1.165) is 52.4 Å². The molecule has 1 heterocycles. The molecule has 1 saturated heterocycles. The minimum absolute atomic E-state index is 1.09. The summed E-state index contributed by atoms with van der Waals surface area (Å²) >= 11 is 0. The molecule has 0 unspecified atom stereocenters. The number of hydrogen-bond acceptors (Lipinski definition) is 4. The van der Waals surface area contributed by atoms with Crippen molar-refractivity contribution in [3.8, 4) is 0 Å². The fraction of sp³-hybridized carbons (Fsp3) is 1.00. The van der Waals surface area contributed by atoms with E-state index in [9.17, 15) is 0 Å². The number of halogens is 3. The summed E-state index contributed by atoms with van der Waals surface area (Å²) in [4.78, 5) is 0. The Morgan fingerprint density at radius 1 is 0.500 bits per heavy atom. The van der Waals surface area contributed by atoms with Crippen LogP contribution in [0.5, 0.6) is 0 Å². The molecular formula is C10H24Cl3CoN4. The van der Waals surface area contributed by atoms with Crippen LogP contribution in [0.2, 0.25) is 0 Å². The number of nitrogens with one attached hydrogen (secondary N) is 4. The first-order chi connectivity index (χ1) is 8.73. The Labute approximate surface area is 127 Å². The predicted molar refractivity (Wildman–Crippen MR) is 78.3 cm³/mol. The molecule has 8 heteroatoms. The van der Waals surface area contributed by atoms with Crippen LogP contribution in [-0.2, 0) is 10.9 Å². The second kappa shape index (κ2) is 16.3. The van der Waals surface area contributed by atoms with E-state index in [1.165, 1.54) is 12.8 Å². The molecule has 4 nitrogen and oxygen atoms in total. The van der Waals surface area contributed by atoms with Gasteiger partial charge in [0.2, 0.25) is 0 Å². The van der Waals surface area contributed by atoms with Crippen LogP contribution in [0, 0.1) is 0 Å². The van der Waals surface area contributed by atoms with Gasteiger partial charge >= 0.3 is 41.4 Å². The Hall–Kier alpha value is 1.22. The van der Waals surface area contributed by atoms with Gasteiger partial charge in [0.1, 0.15) is 0 Å². The topological polar surface area (TPSA) is 48.1 Å². The molecule has 0 aromatic heterocycles. The Kier molecular flexibility index (Phi) is 17.4. The number of rotatable bonds is 0. The fourth-order valence-electron chi connectivity index (χ4n) is 1.53. The summed E-state index contributed by atoms with van der Waals surface area (Å²) in [7, 11) is 13.4. The zero-order chi connectivity index (χ0) is 13.5. The third kappa shape index (κ3) is 19.6. The Balaban J connectivity index is 0.000000631. The van der Waals surface area contributed by atoms with Gasteiger partial charge in [0.25, 0.3) is 0 Å². The molecule has 0 atom stereocenters. The summed E-state index contributed by atoms with van der Waals surface area (Å²) in [5.74, 6) is 0. The van der Waals surface area contributed by atoms with Crippen LogP contribution in [0.4, 0.5) is 0 Å². The van der Waals surface area contributed by atoms with Gasteiger partial charge in [0.15, 0.2) is 0 Å². The van der Waals surface area contributed by atoms with Crippen LogP contribution in [0.1, 0.15) is 12.8 Å². The summed E-state index contributed by atoms with van der Waals surface area (Å²) < 4.78 is 0. The van der Waals surface area contributed by atoms with Crippen molar-refractivity contribution in [2.45, 2.75) is 12.8 Å². The second-order valence-electron chi connectivity index (χ2n) is 3.85. The van der Waals surface area contributed by atoms with Crippen molar-refractivity contribution >= 4 is 30.4 Å². The van der Waals surface area contributed by atoms with Gasteiger partial charge in [-0.15, -0.1) is 0 Å². The van der Waals surface area contributed by atoms with Crippen molar-refractivity contribution in [3.05, 3.63) is 0 Å². The normalized spacial score (nSPS) is 21.2. The Morgan fingerprint density at radius 2 is 0.722 bits per heavy atom. The molecule has 0 aromatic rings. The van der Waals surface area contributed by atoms with Gasteiger partial charge in [-0.1, -0.05) is 0 Å². The molecule has 0 aromatic carbocycles. The van der Waals surface area contributed by atoms with E-state index >= 15 is 0 Å². The minimum atomic E-state index is -1.19. The van der Waals surface area contributed by atoms with E-state index in [0.29, 0.717) is 0 Å². The van der Waals surface area contributed by atoms with Crippen molar-refractivity contribution < 1.29 is 10.9 Å². The van der Waals surface area contributed by atoms with Gasteiger partial charge < -0.3 is 21.3 Å². The summed E-state index contributed by atoms with van der Waals surface area (Å²) in [6.45, 7) is 8.87. The van der Waals surface area contributed by atoms with Gasteiger partial charge in [-0.25, -0.2) is 0 Å². The quantitative estimate of drug-likeness (QED) is 0.521. The second-order valence-corrected chi connectivity index (χ2v) is 9.01. The number of hydrogen-bond donors (Lipinski definition) is 4. The average molecular weight is 366 g/mol. The monoisotopic (exact) mass is 364 g/mol. The third-order valence-corrected chi connectivity index (χ3v) is 2.37. The van der Waals surface area contributed by atoms with Crippen molar-refractivity contribution in [1.82, 2.24) is 21.3 Å². The predicted octanol–water partition coefficient (Wildman–Crippen LogP) is 1.20. The molecule has 0 saturated carbocycles. The molecule has 4 N–H and O–H groups in total. The van der Waals surface area contributed by atoms with E-state index in [1.54, 1.807) is 0 Å². The van der Waals surface area contributed by atoms with Gasteiger partial charge in [0, 0.05) is 26.2 Å². The summed E-state index contributed by atoms with van der Waals surface area (Å²) in [5, 5.41) is 13.7. The van der Waals surface area contributed by atoms with Crippen LogP contribution in [0.15, 0.2) is 0 Å². The molecule has 1 aliphatic rings. The maximum absolute atomic E-state index is 4.87. The molecule has 114 valence electrons. The fourth-order valence-corrected chi connectivity index (χ4v) is 1.53. The van der Waals surface area contributed by atoms with Gasteiger partial charge in [0.05, 0.1) is 0 Å². The zero-order valence-corrected chi connectivity index (χ0v) is 13.8. The van der Waals surface area contributed by atoms with Crippen LogP contribution in [0.3, 0.4) is 0 Å². The molecule has 0 radical (unpaired) electrons. The van der Waals surface area contributed by atoms with E-state index in [2.05, 4.69) is 21.3 Å². The van der Waals surface area contributed by atoms with Crippen molar-refractivity contribution in [2.75, 3.05) is 52.4 Å². The third-order valence-electron chi connectivity index (χ3n) is 2.37. The van der Waals surface area contributed by atoms with Crippen LogP contribution < -0.4 is 21.3 Å². The standard InChI is InChI=1S/C10H24N4.3ClH.Co/c1-3-11-7-9-13-5-2-6-14-10-8-12-4-1;;;;/h11-14H,1-10H2;3*1H;/q;;;;+3/p-3. The summed E-state index contributed by atoms with van der Waals surface area (Å²) in [5.41, 5.74) is 0. The molecule has 1 rings (SSSR count). The zero-order valence-electron chi connectivity index (χ0n) is 10.5. The first kappa shape index (κ1) is 19.2. The Morgan fingerprint density at radius 3 is 0.944 bits per heavy atom.